The van der Waals surface area contributed by atoms with Gasteiger partial charge >= 0.3 is 11.9 Å². The summed E-state index contributed by atoms with van der Waals surface area (Å²) in [4.78, 5) is 52.3. The maximum absolute atomic E-state index is 14.0. The van der Waals surface area contributed by atoms with E-state index in [2.05, 4.69) is 10.6 Å². The van der Waals surface area contributed by atoms with Crippen molar-refractivity contribution in [1.29, 1.82) is 0 Å². The number of aryl methyl sites for hydroxylation is 3. The summed E-state index contributed by atoms with van der Waals surface area (Å²) < 4.78 is 38.7. The number of methoxy groups -OCH3 is 2. The molecule has 1 heterocycles. The van der Waals surface area contributed by atoms with Gasteiger partial charge in [0.1, 0.15) is 5.00 Å². The second-order valence-corrected chi connectivity index (χ2v) is 16.3. The van der Waals surface area contributed by atoms with E-state index in [1.807, 2.05) is 43.3 Å². The number of sulfonamides is 1. The summed E-state index contributed by atoms with van der Waals surface area (Å²) in [5.41, 5.74) is 5.41. The summed E-state index contributed by atoms with van der Waals surface area (Å²) in [5.74, 6) is -1.77. The van der Waals surface area contributed by atoms with E-state index in [0.29, 0.717) is 45.9 Å². The monoisotopic (exact) mass is 793 g/mol. The maximum Gasteiger partial charge on any atom is 0.337 e. The van der Waals surface area contributed by atoms with Gasteiger partial charge < -0.3 is 20.1 Å². The number of amides is 2. The predicted molar refractivity (Wildman–Crippen MR) is 218 cm³/mol. The molecule has 0 saturated heterocycles. The number of esters is 2. The molecule has 2 amide bonds. The summed E-state index contributed by atoms with van der Waals surface area (Å²) in [5, 5.41) is 6.37. The van der Waals surface area contributed by atoms with Crippen LogP contribution in [0.5, 0.6) is 0 Å². The fraction of sp³-hybridized carbons (Fsp3) is 0.256. The normalized spacial score (nSPS) is 12.3. The van der Waals surface area contributed by atoms with Crippen LogP contribution in [-0.2, 0) is 45.2 Å². The van der Waals surface area contributed by atoms with Crippen molar-refractivity contribution in [1.82, 2.24) is 0 Å². The molecule has 1 aliphatic carbocycles. The highest BCUT2D eigenvalue weighted by molar-refractivity contribution is 7.92. The lowest BCUT2D eigenvalue weighted by Gasteiger charge is -2.24. The minimum Gasteiger partial charge on any atom is -0.465 e. The van der Waals surface area contributed by atoms with Crippen LogP contribution < -0.4 is 14.9 Å². The van der Waals surface area contributed by atoms with Crippen LogP contribution in [0.2, 0.25) is 0 Å². The number of ether oxygens (including phenoxy) is 2. The first-order valence-corrected chi connectivity index (χ1v) is 20.6. The summed E-state index contributed by atoms with van der Waals surface area (Å²) in [6.07, 6.45) is 5.49. The Bertz CT molecular complexity index is 2340. The Hall–Kier alpha value is -5.79. The molecule has 0 fully saturated rings. The number of anilines is 3. The largest absolute Gasteiger partial charge is 0.465 e. The van der Waals surface area contributed by atoms with Gasteiger partial charge in [-0.05, 0) is 128 Å². The molecule has 290 valence electrons. The number of carbonyl (C=O) groups excluding carboxylic acids is 4. The first-order valence-electron chi connectivity index (χ1n) is 18.4. The van der Waals surface area contributed by atoms with Crippen LogP contribution in [-0.4, -0.2) is 52.9 Å². The molecule has 56 heavy (non-hydrogen) atoms. The van der Waals surface area contributed by atoms with Crippen molar-refractivity contribution < 1.29 is 37.1 Å². The number of carbonyl (C=O) groups is 4. The molecule has 0 bridgehead atoms. The third-order valence-electron chi connectivity index (χ3n) is 9.60. The molecule has 0 spiro atoms. The fourth-order valence-electron chi connectivity index (χ4n) is 6.63. The zero-order valence-corrected chi connectivity index (χ0v) is 33.1. The third kappa shape index (κ3) is 9.01. The van der Waals surface area contributed by atoms with Gasteiger partial charge in [-0.1, -0.05) is 37.3 Å². The summed E-state index contributed by atoms with van der Waals surface area (Å²) >= 11 is 1.38. The average molecular weight is 794 g/mol. The van der Waals surface area contributed by atoms with Gasteiger partial charge in [-0.2, -0.15) is 0 Å². The highest BCUT2D eigenvalue weighted by Crippen LogP contribution is 2.39. The van der Waals surface area contributed by atoms with E-state index in [9.17, 15) is 27.6 Å². The van der Waals surface area contributed by atoms with E-state index in [-0.39, 0.29) is 28.9 Å². The van der Waals surface area contributed by atoms with E-state index in [1.54, 1.807) is 24.3 Å². The number of rotatable bonds is 14. The molecule has 0 radical (unpaired) electrons. The van der Waals surface area contributed by atoms with Crippen molar-refractivity contribution in [2.75, 3.05) is 35.7 Å². The van der Waals surface area contributed by atoms with Crippen LogP contribution in [0.1, 0.15) is 89.2 Å². The minimum absolute atomic E-state index is 0.0704. The van der Waals surface area contributed by atoms with Crippen molar-refractivity contribution in [3.63, 3.8) is 0 Å². The molecule has 13 heteroatoms. The van der Waals surface area contributed by atoms with Gasteiger partial charge in [-0.3, -0.25) is 13.9 Å². The molecule has 1 aliphatic rings. The van der Waals surface area contributed by atoms with Gasteiger partial charge in [0.2, 0.25) is 0 Å². The van der Waals surface area contributed by atoms with Crippen LogP contribution in [0, 0.1) is 0 Å². The predicted octanol–water partition coefficient (Wildman–Crippen LogP) is 8.10. The number of benzene rings is 4. The molecular formula is C43H43N3O8S2. The Balaban J connectivity index is 1.17. The Labute approximate surface area is 330 Å². The molecule has 2 N–H and O–H groups in total. The molecule has 1 aromatic heterocycles. The van der Waals surface area contributed by atoms with Gasteiger partial charge in [0.25, 0.3) is 21.8 Å². The van der Waals surface area contributed by atoms with Crippen LogP contribution in [0.25, 0.3) is 0 Å². The van der Waals surface area contributed by atoms with E-state index >= 15 is 0 Å². The van der Waals surface area contributed by atoms with Gasteiger partial charge in [0.15, 0.2) is 0 Å². The lowest BCUT2D eigenvalue weighted by Crippen LogP contribution is -2.32. The Morgan fingerprint density at radius 2 is 1.30 bits per heavy atom. The van der Waals surface area contributed by atoms with Crippen molar-refractivity contribution >= 4 is 61.5 Å². The van der Waals surface area contributed by atoms with Gasteiger partial charge in [0.05, 0.1) is 41.5 Å². The lowest BCUT2D eigenvalue weighted by atomic mass is 9.95. The Kier molecular flexibility index (Phi) is 12.7. The highest BCUT2D eigenvalue weighted by atomic mass is 32.2. The summed E-state index contributed by atoms with van der Waals surface area (Å²) in [7, 11) is -1.48. The Morgan fingerprint density at radius 3 is 1.91 bits per heavy atom. The second kappa shape index (κ2) is 17.8. The maximum atomic E-state index is 14.0. The van der Waals surface area contributed by atoms with Gasteiger partial charge in [-0.15, -0.1) is 11.3 Å². The van der Waals surface area contributed by atoms with Gasteiger partial charge in [0, 0.05) is 22.7 Å². The molecule has 0 aliphatic heterocycles. The van der Waals surface area contributed by atoms with Crippen LogP contribution >= 0.6 is 11.3 Å². The number of fused-ring (bicyclic) bond motifs is 1. The van der Waals surface area contributed by atoms with Crippen molar-refractivity contribution in [3.05, 3.63) is 141 Å². The molecule has 4 aromatic carbocycles. The zero-order valence-electron chi connectivity index (χ0n) is 31.4. The molecule has 6 rings (SSSR count). The zero-order chi connectivity index (χ0) is 39.8. The second-order valence-electron chi connectivity index (χ2n) is 13.4. The van der Waals surface area contributed by atoms with Crippen LogP contribution in [0.15, 0.2) is 102 Å². The smallest absolute Gasteiger partial charge is 0.337 e. The molecule has 0 unspecified atom stereocenters. The third-order valence-corrected chi connectivity index (χ3v) is 12.6. The first kappa shape index (κ1) is 39.9. The lowest BCUT2D eigenvalue weighted by molar-refractivity contribution is 0.0592. The number of thiophene rings is 1. The number of hydrogen-bond donors (Lipinski definition) is 2. The van der Waals surface area contributed by atoms with Crippen molar-refractivity contribution in [3.8, 4) is 0 Å². The average Bonchev–Trinajstić information content (AvgIpc) is 3.60. The number of nitrogens with one attached hydrogen (secondary N) is 2. The Morgan fingerprint density at radius 1 is 0.714 bits per heavy atom. The fourth-order valence-corrected chi connectivity index (χ4v) is 9.51. The van der Waals surface area contributed by atoms with Crippen LogP contribution in [0.4, 0.5) is 16.4 Å². The van der Waals surface area contributed by atoms with Crippen molar-refractivity contribution in [2.45, 2.75) is 56.8 Å². The first-order chi connectivity index (χ1) is 27.0. The molecular weight excluding hydrogens is 751 g/mol. The quantitative estimate of drug-likeness (QED) is 0.107. The highest BCUT2D eigenvalue weighted by Gasteiger charge is 2.29. The summed E-state index contributed by atoms with van der Waals surface area (Å²) in [6, 6.07) is 26.9. The summed E-state index contributed by atoms with van der Waals surface area (Å²) in [6.45, 7) is 2.03. The standard InChI is InChI=1S/C43H43N3O8S2/c1-4-26-46(34-24-20-31(21-25-34)43(50)54-3)56(51,52)35-9-7-8-32(27-35)39(47)45-41-38(36-10-5-6-11-37(36)55-41)40(48)44-33-22-16-29(17-23-33)13-12-28-14-18-30(19-15-28)42(49)53-2/h7-9,14-25,27H,4-6,10-13,26H2,1-3H3,(H,44,48)(H,45,47). The number of hydrogen-bond acceptors (Lipinski definition) is 9. The molecule has 0 atom stereocenters. The van der Waals surface area contributed by atoms with Crippen molar-refractivity contribution in [2.24, 2.45) is 0 Å². The van der Waals surface area contributed by atoms with Gasteiger partial charge in [-0.25, -0.2) is 18.0 Å². The molecule has 11 nitrogen and oxygen atoms in total. The van der Waals surface area contributed by atoms with E-state index in [1.165, 1.54) is 66.3 Å². The van der Waals surface area contributed by atoms with E-state index in [4.69, 9.17) is 9.47 Å². The van der Waals surface area contributed by atoms with Crippen LogP contribution in [0.3, 0.4) is 0 Å². The molecule has 0 saturated carbocycles. The van der Waals surface area contributed by atoms with E-state index < -0.39 is 21.9 Å². The SMILES string of the molecule is CCCN(c1ccc(C(=O)OC)cc1)S(=O)(=O)c1cccc(C(=O)Nc2sc3c(c2C(=O)Nc2ccc(CCc4ccc(C(=O)OC)cc4)cc2)CCCC3)c1. The molecule has 5 aromatic rings. The van der Waals surface area contributed by atoms with E-state index in [0.717, 1.165) is 53.7 Å². The topological polar surface area (TPSA) is 148 Å². The minimum atomic E-state index is -4.11. The number of nitrogens with zero attached hydrogens (tertiary/aromatic N) is 1.